The largest absolute Gasteiger partial charge is 0.394 e. The molecule has 0 aliphatic rings. The number of nitrogens with one attached hydrogen (secondary N) is 1. The van der Waals surface area contributed by atoms with Crippen LogP contribution in [0.1, 0.15) is 264 Å². The summed E-state index contributed by atoms with van der Waals surface area (Å²) in [7, 11) is 0. The van der Waals surface area contributed by atoms with E-state index in [0.29, 0.717) is 6.42 Å². The first kappa shape index (κ1) is 57.3. The van der Waals surface area contributed by atoms with Crippen LogP contribution in [-0.2, 0) is 4.79 Å². The molecular weight excluding hydrogens is 727 g/mol. The molecule has 1 amide bonds. The van der Waals surface area contributed by atoms with Gasteiger partial charge in [0.05, 0.1) is 31.3 Å². The Balaban J connectivity index is 3.56. The van der Waals surface area contributed by atoms with E-state index < -0.39 is 18.2 Å². The lowest BCUT2D eigenvalue weighted by Gasteiger charge is -2.21. The van der Waals surface area contributed by atoms with Crippen LogP contribution in [0.3, 0.4) is 0 Å². The van der Waals surface area contributed by atoms with E-state index in [1.807, 2.05) is 6.08 Å². The van der Waals surface area contributed by atoms with Crippen molar-refractivity contribution in [1.82, 2.24) is 5.32 Å². The van der Waals surface area contributed by atoms with Gasteiger partial charge >= 0.3 is 0 Å². The molecule has 5 heteroatoms. The summed E-state index contributed by atoms with van der Waals surface area (Å²) in [5.41, 5.74) is 0. The van der Waals surface area contributed by atoms with Crippen molar-refractivity contribution in [3.63, 3.8) is 0 Å². The maximum atomic E-state index is 12.5. The van der Waals surface area contributed by atoms with Gasteiger partial charge in [-0.15, -0.1) is 0 Å². The molecule has 5 nitrogen and oxygen atoms in total. The average Bonchev–Trinajstić information content (AvgIpc) is 3.23. The van der Waals surface area contributed by atoms with Crippen molar-refractivity contribution in [2.75, 3.05) is 6.61 Å². The molecular formula is C54H101NO4. The van der Waals surface area contributed by atoms with Crippen LogP contribution in [0.15, 0.2) is 48.6 Å². The molecule has 0 heterocycles. The van der Waals surface area contributed by atoms with E-state index in [0.717, 1.165) is 38.5 Å². The third-order valence-electron chi connectivity index (χ3n) is 11.8. The number of hydrogen-bond acceptors (Lipinski definition) is 4. The topological polar surface area (TPSA) is 89.8 Å². The summed E-state index contributed by atoms with van der Waals surface area (Å²) in [6, 6.07) is -0.767. The molecule has 346 valence electrons. The molecule has 0 aliphatic heterocycles. The van der Waals surface area contributed by atoms with E-state index in [2.05, 4.69) is 55.6 Å². The van der Waals surface area contributed by atoms with Gasteiger partial charge in [0, 0.05) is 0 Å². The van der Waals surface area contributed by atoms with Gasteiger partial charge in [0.25, 0.3) is 0 Å². The van der Waals surface area contributed by atoms with Crippen molar-refractivity contribution >= 4 is 5.91 Å². The van der Waals surface area contributed by atoms with Crippen LogP contribution in [0.25, 0.3) is 0 Å². The summed E-state index contributed by atoms with van der Waals surface area (Å²) in [6.45, 7) is 4.19. The molecule has 0 saturated heterocycles. The Bertz CT molecular complexity index is 958. The zero-order valence-electron chi connectivity index (χ0n) is 39.4. The molecule has 0 spiro atoms. The molecule has 0 saturated carbocycles. The van der Waals surface area contributed by atoms with E-state index >= 15 is 0 Å². The fourth-order valence-electron chi connectivity index (χ4n) is 7.84. The Hall–Kier alpha value is -1.69. The third kappa shape index (κ3) is 45.7. The van der Waals surface area contributed by atoms with Crippen LogP contribution in [0, 0.1) is 0 Å². The second kappa shape index (κ2) is 49.0. The summed E-state index contributed by atoms with van der Waals surface area (Å²) in [6.07, 6.45) is 64.4. The van der Waals surface area contributed by atoms with Gasteiger partial charge in [-0.1, -0.05) is 236 Å². The van der Waals surface area contributed by atoms with Crippen molar-refractivity contribution in [2.24, 2.45) is 0 Å². The summed E-state index contributed by atoms with van der Waals surface area (Å²) < 4.78 is 0. The predicted molar refractivity (Wildman–Crippen MR) is 259 cm³/mol. The van der Waals surface area contributed by atoms with E-state index in [1.165, 1.54) is 199 Å². The van der Waals surface area contributed by atoms with Crippen molar-refractivity contribution < 1.29 is 20.1 Å². The highest BCUT2D eigenvalue weighted by molar-refractivity contribution is 5.76. The van der Waals surface area contributed by atoms with Crippen LogP contribution in [0.5, 0.6) is 0 Å². The molecule has 0 aromatic heterocycles. The number of amides is 1. The fourth-order valence-corrected chi connectivity index (χ4v) is 7.84. The molecule has 0 bridgehead atoms. The van der Waals surface area contributed by atoms with Gasteiger partial charge < -0.3 is 20.6 Å². The number of carbonyl (C=O) groups excluding carboxylic acids is 1. The minimum Gasteiger partial charge on any atom is -0.394 e. The van der Waals surface area contributed by atoms with Gasteiger partial charge in [0.1, 0.15) is 0 Å². The van der Waals surface area contributed by atoms with Crippen molar-refractivity contribution in [3.8, 4) is 0 Å². The zero-order chi connectivity index (χ0) is 43.0. The number of aliphatic hydroxyl groups excluding tert-OH is 3. The summed E-state index contributed by atoms with van der Waals surface area (Å²) in [5.74, 6) is -0.329. The smallest absolute Gasteiger partial charge is 0.222 e. The molecule has 4 N–H and O–H groups in total. The molecule has 3 unspecified atom stereocenters. The highest BCUT2D eigenvalue weighted by atomic mass is 16.3. The number of rotatable bonds is 47. The SMILES string of the molecule is CCCCCC/C=C/CC/C=C/CC/C=C/C(O)C(CO)NC(=O)CC(O)CCCCCCCCCCCCCCCC/C=C\CCCCCCCCCCCCCC. The Labute approximate surface area is 367 Å². The molecule has 0 aromatic carbocycles. The summed E-state index contributed by atoms with van der Waals surface area (Å²) in [4.78, 5) is 12.5. The van der Waals surface area contributed by atoms with Gasteiger partial charge in [0.2, 0.25) is 5.91 Å². The first-order chi connectivity index (χ1) is 29.0. The quantitative estimate of drug-likeness (QED) is 0.0363. The molecule has 0 aliphatic carbocycles. The van der Waals surface area contributed by atoms with Crippen LogP contribution in [0.2, 0.25) is 0 Å². The second-order valence-electron chi connectivity index (χ2n) is 17.8. The monoisotopic (exact) mass is 828 g/mol. The molecule has 0 radical (unpaired) electrons. The van der Waals surface area contributed by atoms with E-state index in [1.54, 1.807) is 6.08 Å². The van der Waals surface area contributed by atoms with Crippen LogP contribution >= 0.6 is 0 Å². The number of aliphatic hydroxyl groups is 3. The van der Waals surface area contributed by atoms with Crippen LogP contribution < -0.4 is 5.32 Å². The van der Waals surface area contributed by atoms with Gasteiger partial charge in [-0.2, -0.15) is 0 Å². The fraction of sp³-hybridized carbons (Fsp3) is 0.833. The van der Waals surface area contributed by atoms with Crippen LogP contribution in [0.4, 0.5) is 0 Å². The minimum absolute atomic E-state index is 0.00266. The normalized spacial score (nSPS) is 13.8. The lowest BCUT2D eigenvalue weighted by molar-refractivity contribution is -0.124. The lowest BCUT2D eigenvalue weighted by Crippen LogP contribution is -2.45. The van der Waals surface area contributed by atoms with Gasteiger partial charge in [-0.25, -0.2) is 0 Å². The highest BCUT2D eigenvalue weighted by Gasteiger charge is 2.20. The minimum atomic E-state index is -0.959. The van der Waals surface area contributed by atoms with Gasteiger partial charge in [0.15, 0.2) is 0 Å². The standard InChI is InChI=1S/C54H101NO4/c1-3-5-7-9-11-13-15-17-19-20-21-22-23-24-25-26-27-28-29-30-31-32-33-34-35-37-39-41-43-45-47-51(57)49-54(59)55-52(50-56)53(58)48-46-44-42-40-38-36-18-16-14-12-10-8-6-4-2/h14,16,24-25,38,40,46,48,51-53,56-58H,3-13,15,17-23,26-37,39,41-45,47,49-50H2,1-2H3,(H,55,59)/b16-14+,25-24-,40-38+,48-46+. The zero-order valence-corrected chi connectivity index (χ0v) is 39.4. The number of hydrogen-bond donors (Lipinski definition) is 4. The van der Waals surface area contributed by atoms with E-state index in [4.69, 9.17) is 0 Å². The first-order valence-electron chi connectivity index (χ1n) is 25.9. The molecule has 59 heavy (non-hydrogen) atoms. The molecule has 0 rings (SSSR count). The first-order valence-corrected chi connectivity index (χ1v) is 25.9. The van der Waals surface area contributed by atoms with Crippen molar-refractivity contribution in [2.45, 2.75) is 283 Å². The molecule has 3 atom stereocenters. The van der Waals surface area contributed by atoms with Crippen LogP contribution in [-0.4, -0.2) is 46.1 Å². The Morgan fingerprint density at radius 2 is 0.729 bits per heavy atom. The second-order valence-corrected chi connectivity index (χ2v) is 17.8. The number of carbonyl (C=O) groups is 1. The predicted octanol–water partition coefficient (Wildman–Crippen LogP) is 15.7. The highest BCUT2D eigenvalue weighted by Crippen LogP contribution is 2.16. The Morgan fingerprint density at radius 3 is 1.10 bits per heavy atom. The van der Waals surface area contributed by atoms with Crippen molar-refractivity contribution in [3.05, 3.63) is 48.6 Å². The van der Waals surface area contributed by atoms with E-state index in [9.17, 15) is 20.1 Å². The maximum absolute atomic E-state index is 12.5. The Kier molecular flexibility index (Phi) is 47.6. The third-order valence-corrected chi connectivity index (χ3v) is 11.8. The number of unbranched alkanes of at least 4 members (excludes halogenated alkanes) is 32. The maximum Gasteiger partial charge on any atom is 0.222 e. The summed E-state index contributed by atoms with van der Waals surface area (Å²) >= 11 is 0. The van der Waals surface area contributed by atoms with Crippen molar-refractivity contribution in [1.29, 1.82) is 0 Å². The Morgan fingerprint density at radius 1 is 0.424 bits per heavy atom. The van der Waals surface area contributed by atoms with Gasteiger partial charge in [-0.3, -0.25) is 4.79 Å². The number of allylic oxidation sites excluding steroid dienone is 7. The lowest BCUT2D eigenvalue weighted by atomic mass is 10.0. The van der Waals surface area contributed by atoms with E-state index in [-0.39, 0.29) is 18.9 Å². The van der Waals surface area contributed by atoms with Gasteiger partial charge in [-0.05, 0) is 70.6 Å². The average molecular weight is 828 g/mol. The summed E-state index contributed by atoms with van der Waals surface area (Å²) in [5, 5.41) is 33.3. The molecule has 0 fully saturated rings. The molecule has 0 aromatic rings.